The maximum Gasteiger partial charge on any atom is 0.269 e. The Morgan fingerprint density at radius 2 is 1.63 bits per heavy atom. The smallest absolute Gasteiger partial charge is 0.269 e. The number of amides is 3. The molecule has 0 saturated carbocycles. The van der Waals surface area contributed by atoms with Gasteiger partial charge < -0.3 is 0 Å². The van der Waals surface area contributed by atoms with E-state index in [1.165, 1.54) is 0 Å². The van der Waals surface area contributed by atoms with Crippen LogP contribution in [0, 0.1) is 0 Å². The first-order chi connectivity index (χ1) is 13.1. The van der Waals surface area contributed by atoms with Crippen molar-refractivity contribution in [1.29, 1.82) is 0 Å². The molecular weight excluding hydrogens is 348 g/mol. The van der Waals surface area contributed by atoms with Gasteiger partial charge in [-0.1, -0.05) is 47.6 Å². The number of aromatic amines is 1. The van der Waals surface area contributed by atoms with Crippen LogP contribution in [0.25, 0.3) is 0 Å². The van der Waals surface area contributed by atoms with Gasteiger partial charge in [0.25, 0.3) is 17.8 Å². The number of hydrogen-bond acceptors (Lipinski definition) is 6. The van der Waals surface area contributed by atoms with Crippen LogP contribution in [0.3, 0.4) is 0 Å². The molecule has 3 amide bonds. The average molecular weight is 362 g/mol. The predicted octanol–water partition coefficient (Wildman–Crippen LogP) is 1.05. The second kappa shape index (κ2) is 6.79. The topological polar surface area (TPSA) is 121 Å². The maximum atomic E-state index is 12.9. The van der Waals surface area contributed by atoms with Gasteiger partial charge in [-0.05, 0) is 22.9 Å². The number of fused-ring (bicyclic) bond motifs is 1. The molecule has 27 heavy (non-hydrogen) atoms. The van der Waals surface area contributed by atoms with E-state index in [2.05, 4.69) is 25.9 Å². The zero-order valence-corrected chi connectivity index (χ0v) is 14.0. The molecule has 9 nitrogen and oxygen atoms in total. The molecule has 1 aromatic heterocycles. The van der Waals surface area contributed by atoms with Gasteiger partial charge in [0.1, 0.15) is 6.04 Å². The second-order valence-electron chi connectivity index (χ2n) is 5.96. The lowest BCUT2D eigenvalue weighted by Crippen LogP contribution is -2.48. The van der Waals surface area contributed by atoms with E-state index in [0.29, 0.717) is 0 Å². The molecule has 2 heterocycles. The molecular formula is C18H14N6O3. The second-order valence-corrected chi connectivity index (χ2v) is 5.96. The van der Waals surface area contributed by atoms with Crippen molar-refractivity contribution in [2.24, 2.45) is 0 Å². The summed E-state index contributed by atoms with van der Waals surface area (Å²) in [7, 11) is 0. The third kappa shape index (κ3) is 3.06. The molecule has 1 aliphatic heterocycles. The van der Waals surface area contributed by atoms with Crippen molar-refractivity contribution in [3.8, 4) is 0 Å². The lowest BCUT2D eigenvalue weighted by atomic mass is 10.0. The van der Waals surface area contributed by atoms with Crippen LogP contribution < -0.4 is 5.32 Å². The van der Waals surface area contributed by atoms with Gasteiger partial charge in [-0.15, -0.1) is 5.10 Å². The fourth-order valence-electron chi connectivity index (χ4n) is 3.04. The number of rotatable bonds is 5. The Morgan fingerprint density at radius 3 is 2.22 bits per heavy atom. The van der Waals surface area contributed by atoms with Crippen molar-refractivity contribution < 1.29 is 14.4 Å². The summed E-state index contributed by atoms with van der Waals surface area (Å²) in [5.41, 5.74) is 1.38. The Bertz CT molecular complexity index is 968. The molecule has 2 aromatic carbocycles. The predicted molar refractivity (Wildman–Crippen MR) is 93.7 cm³/mol. The number of H-pyrrole nitrogens is 1. The molecule has 134 valence electrons. The first kappa shape index (κ1) is 16.6. The van der Waals surface area contributed by atoms with Crippen LogP contribution in [0.1, 0.15) is 26.3 Å². The number of anilines is 1. The minimum absolute atomic E-state index is 0.0327. The van der Waals surface area contributed by atoms with E-state index < -0.39 is 23.8 Å². The van der Waals surface area contributed by atoms with E-state index in [1.54, 1.807) is 24.3 Å². The minimum atomic E-state index is -1.06. The van der Waals surface area contributed by atoms with Gasteiger partial charge in [0.2, 0.25) is 5.91 Å². The van der Waals surface area contributed by atoms with Crippen molar-refractivity contribution in [3.05, 3.63) is 71.3 Å². The van der Waals surface area contributed by atoms with Gasteiger partial charge in [0, 0.05) is 6.42 Å². The number of carbonyl (C=O) groups excluding carboxylic acids is 3. The van der Waals surface area contributed by atoms with Crippen LogP contribution in [-0.2, 0) is 11.2 Å². The number of nitrogens with zero attached hydrogens (tertiary/aromatic N) is 4. The van der Waals surface area contributed by atoms with Crippen molar-refractivity contribution in [2.75, 3.05) is 5.32 Å². The van der Waals surface area contributed by atoms with E-state index >= 15 is 0 Å². The quantitative estimate of drug-likeness (QED) is 0.654. The summed E-state index contributed by atoms with van der Waals surface area (Å²) in [6, 6.07) is 14.6. The number of aromatic nitrogens is 4. The minimum Gasteiger partial charge on any atom is -0.290 e. The lowest BCUT2D eigenvalue weighted by Gasteiger charge is -2.25. The zero-order valence-electron chi connectivity index (χ0n) is 14.0. The molecule has 0 unspecified atom stereocenters. The van der Waals surface area contributed by atoms with Gasteiger partial charge in [0.15, 0.2) is 0 Å². The molecule has 2 N–H and O–H groups in total. The summed E-state index contributed by atoms with van der Waals surface area (Å²) < 4.78 is 0. The summed E-state index contributed by atoms with van der Waals surface area (Å²) in [4.78, 5) is 39.5. The van der Waals surface area contributed by atoms with Crippen molar-refractivity contribution >= 4 is 23.7 Å². The molecule has 0 spiro atoms. The Morgan fingerprint density at radius 1 is 1.00 bits per heavy atom. The molecule has 0 aliphatic carbocycles. The van der Waals surface area contributed by atoms with Crippen molar-refractivity contribution in [1.82, 2.24) is 25.5 Å². The number of benzene rings is 2. The monoisotopic (exact) mass is 362 g/mol. The molecule has 0 bridgehead atoms. The van der Waals surface area contributed by atoms with Crippen LogP contribution >= 0.6 is 0 Å². The third-order valence-electron chi connectivity index (χ3n) is 4.29. The molecule has 0 radical (unpaired) electrons. The van der Waals surface area contributed by atoms with E-state index in [4.69, 9.17) is 0 Å². The van der Waals surface area contributed by atoms with Crippen LogP contribution in [0.5, 0.6) is 0 Å². The van der Waals surface area contributed by atoms with Crippen LogP contribution in [0.2, 0.25) is 0 Å². The molecule has 4 rings (SSSR count). The van der Waals surface area contributed by atoms with Crippen LogP contribution in [0.4, 0.5) is 5.95 Å². The number of imide groups is 1. The lowest BCUT2D eigenvalue weighted by molar-refractivity contribution is -0.120. The molecule has 9 heteroatoms. The summed E-state index contributed by atoms with van der Waals surface area (Å²) in [5.74, 6) is -1.61. The average Bonchev–Trinajstić information content (AvgIpc) is 3.28. The van der Waals surface area contributed by atoms with Gasteiger partial charge in [-0.3, -0.25) is 24.6 Å². The number of tetrazole rings is 1. The van der Waals surface area contributed by atoms with Crippen molar-refractivity contribution in [2.45, 2.75) is 12.5 Å². The van der Waals surface area contributed by atoms with Crippen LogP contribution in [0.15, 0.2) is 54.6 Å². The number of nitrogens with one attached hydrogen (secondary N) is 2. The van der Waals surface area contributed by atoms with Gasteiger partial charge >= 0.3 is 0 Å². The SMILES string of the molecule is O=C(Nc1nn[nH]n1)[C@@H](Cc1ccccc1)N1C(=O)c2ccccc2C1=O. The van der Waals surface area contributed by atoms with Crippen molar-refractivity contribution in [3.63, 3.8) is 0 Å². The summed E-state index contributed by atoms with van der Waals surface area (Å²) in [5, 5.41) is 15.5. The summed E-state index contributed by atoms with van der Waals surface area (Å²) in [6.07, 6.45) is 0.163. The largest absolute Gasteiger partial charge is 0.290 e. The van der Waals surface area contributed by atoms with Gasteiger partial charge in [0.05, 0.1) is 11.1 Å². The van der Waals surface area contributed by atoms with E-state index in [0.717, 1.165) is 10.5 Å². The molecule has 1 aliphatic rings. The van der Waals surface area contributed by atoms with E-state index in [-0.39, 0.29) is 23.5 Å². The Balaban J connectivity index is 1.68. The normalized spacial score (nSPS) is 14.1. The molecule has 0 fully saturated rings. The Kier molecular flexibility index (Phi) is 4.17. The summed E-state index contributed by atoms with van der Waals surface area (Å²) >= 11 is 0. The Labute approximate surface area is 153 Å². The highest BCUT2D eigenvalue weighted by atomic mass is 16.2. The highest BCUT2D eigenvalue weighted by Crippen LogP contribution is 2.26. The zero-order chi connectivity index (χ0) is 18.8. The summed E-state index contributed by atoms with van der Waals surface area (Å²) in [6.45, 7) is 0. The van der Waals surface area contributed by atoms with Crippen LogP contribution in [-0.4, -0.2) is 49.3 Å². The molecule has 0 saturated heterocycles. The first-order valence-electron chi connectivity index (χ1n) is 8.20. The molecule has 1 atom stereocenters. The fourth-order valence-corrected chi connectivity index (χ4v) is 3.04. The maximum absolute atomic E-state index is 12.9. The standard InChI is InChI=1S/C18H14N6O3/c25-15(19-18-20-22-23-21-18)14(10-11-6-2-1-3-7-11)24-16(26)12-8-4-5-9-13(12)17(24)27/h1-9,14H,10H2,(H2,19,20,21,22,23,25)/t14-/m1/s1. The highest BCUT2D eigenvalue weighted by Gasteiger charge is 2.42. The Hall–Kier alpha value is -3.88. The van der Waals surface area contributed by atoms with Gasteiger partial charge in [-0.2, -0.15) is 5.21 Å². The molecule has 3 aromatic rings. The van der Waals surface area contributed by atoms with E-state index in [9.17, 15) is 14.4 Å². The van der Waals surface area contributed by atoms with Gasteiger partial charge in [-0.25, -0.2) is 0 Å². The number of carbonyl (C=O) groups is 3. The fraction of sp³-hybridized carbons (Fsp3) is 0.111. The third-order valence-corrected chi connectivity index (χ3v) is 4.29. The first-order valence-corrected chi connectivity index (χ1v) is 8.20. The highest BCUT2D eigenvalue weighted by molar-refractivity contribution is 6.23. The van der Waals surface area contributed by atoms with E-state index in [1.807, 2.05) is 30.3 Å². The number of hydrogen-bond donors (Lipinski definition) is 2.